The van der Waals surface area contributed by atoms with Crippen molar-refractivity contribution in [2.24, 2.45) is 0 Å². The number of carbonyl (C=O) groups is 1. The maximum atomic E-state index is 12.1. The lowest BCUT2D eigenvalue weighted by Crippen LogP contribution is -2.36. The molecule has 1 amide bonds. The summed E-state index contributed by atoms with van der Waals surface area (Å²) in [6.45, 7) is 4.96. The van der Waals surface area contributed by atoms with Crippen molar-refractivity contribution in [1.29, 1.82) is 0 Å². The second-order valence-corrected chi connectivity index (χ2v) is 7.78. The summed E-state index contributed by atoms with van der Waals surface area (Å²) in [6, 6.07) is 13.4. The lowest BCUT2D eigenvalue weighted by Gasteiger charge is -2.28. The summed E-state index contributed by atoms with van der Waals surface area (Å²) < 4.78 is 5.42. The molecule has 1 fully saturated rings. The minimum atomic E-state index is -0.161. The number of anilines is 4. The highest BCUT2D eigenvalue weighted by Crippen LogP contribution is 2.22. The topological polar surface area (TPSA) is 79.4 Å². The maximum Gasteiger partial charge on any atom is 0.248 e. The molecule has 0 radical (unpaired) electrons. The van der Waals surface area contributed by atoms with E-state index in [2.05, 4.69) is 25.5 Å². The van der Waals surface area contributed by atoms with Gasteiger partial charge in [-0.3, -0.25) is 4.79 Å². The van der Waals surface area contributed by atoms with Crippen molar-refractivity contribution < 1.29 is 9.53 Å². The zero-order valence-corrected chi connectivity index (χ0v) is 17.5. The van der Waals surface area contributed by atoms with Gasteiger partial charge in [-0.25, -0.2) is 9.97 Å². The van der Waals surface area contributed by atoms with Crippen molar-refractivity contribution in [3.8, 4) is 0 Å². The molecule has 0 saturated carbocycles. The van der Waals surface area contributed by atoms with E-state index in [0.29, 0.717) is 19.0 Å². The first-order valence-corrected chi connectivity index (χ1v) is 10.6. The fourth-order valence-electron chi connectivity index (χ4n) is 3.08. The fourth-order valence-corrected chi connectivity index (χ4v) is 3.70. The van der Waals surface area contributed by atoms with E-state index < -0.39 is 0 Å². The van der Waals surface area contributed by atoms with Gasteiger partial charge in [-0.2, -0.15) is 0 Å². The fraction of sp³-hybridized carbons (Fsp3) is 0.227. The number of ether oxygens (including phenoxy) is 1. The molecule has 0 aliphatic carbocycles. The molecule has 2 N–H and O–H groups in total. The number of rotatable bonds is 6. The number of aryl methyl sites for hydroxylation is 1. The third-order valence-electron chi connectivity index (χ3n) is 4.53. The Kier molecular flexibility index (Phi) is 6.36. The van der Waals surface area contributed by atoms with Crippen molar-refractivity contribution in [3.05, 3.63) is 64.6 Å². The van der Waals surface area contributed by atoms with E-state index in [0.717, 1.165) is 41.0 Å². The van der Waals surface area contributed by atoms with Crippen LogP contribution in [0.4, 0.5) is 23.0 Å². The normalized spacial score (nSPS) is 14.1. The number of aromatic nitrogens is 2. The predicted octanol–water partition coefficient (Wildman–Crippen LogP) is 4.08. The lowest BCUT2D eigenvalue weighted by molar-refractivity contribution is -0.111. The van der Waals surface area contributed by atoms with Gasteiger partial charge in [-0.05, 0) is 48.7 Å². The average molecular weight is 422 g/mol. The average Bonchev–Trinajstić information content (AvgIpc) is 3.28. The Bertz CT molecular complexity index is 1010. The van der Waals surface area contributed by atoms with Crippen LogP contribution >= 0.6 is 11.3 Å². The summed E-state index contributed by atoms with van der Waals surface area (Å²) in [6.07, 6.45) is 3.34. The van der Waals surface area contributed by atoms with Crippen molar-refractivity contribution in [1.82, 2.24) is 9.97 Å². The zero-order chi connectivity index (χ0) is 20.8. The van der Waals surface area contributed by atoms with Crippen molar-refractivity contribution >= 4 is 46.3 Å². The van der Waals surface area contributed by atoms with Gasteiger partial charge in [0.1, 0.15) is 17.5 Å². The Labute approximate surface area is 179 Å². The van der Waals surface area contributed by atoms with Gasteiger partial charge in [-0.1, -0.05) is 6.07 Å². The van der Waals surface area contributed by atoms with Crippen LogP contribution in [-0.4, -0.2) is 42.2 Å². The highest BCUT2D eigenvalue weighted by atomic mass is 32.1. The molecule has 3 aromatic rings. The highest BCUT2D eigenvalue weighted by Gasteiger charge is 2.14. The van der Waals surface area contributed by atoms with Gasteiger partial charge in [0.15, 0.2) is 0 Å². The molecule has 1 saturated heterocycles. The van der Waals surface area contributed by atoms with Gasteiger partial charge in [-0.15, -0.1) is 11.3 Å². The Balaban J connectivity index is 1.38. The number of nitrogens with one attached hydrogen (secondary N) is 2. The molecule has 0 bridgehead atoms. The summed E-state index contributed by atoms with van der Waals surface area (Å²) in [5.41, 5.74) is 1.61. The lowest BCUT2D eigenvalue weighted by atomic mass is 10.2. The van der Waals surface area contributed by atoms with Gasteiger partial charge >= 0.3 is 0 Å². The zero-order valence-electron chi connectivity index (χ0n) is 16.7. The molecule has 8 heteroatoms. The van der Waals surface area contributed by atoms with E-state index in [1.807, 2.05) is 54.8 Å². The molecule has 0 atom stereocenters. The molecule has 2 aromatic heterocycles. The Morgan fingerprint density at radius 1 is 1.13 bits per heavy atom. The number of thiophene rings is 1. The van der Waals surface area contributed by atoms with E-state index in [1.165, 1.54) is 6.08 Å². The molecule has 0 spiro atoms. The van der Waals surface area contributed by atoms with Crippen LogP contribution in [0.1, 0.15) is 10.7 Å². The van der Waals surface area contributed by atoms with Crippen LogP contribution in [0.2, 0.25) is 0 Å². The second kappa shape index (κ2) is 9.51. The molecule has 7 nitrogen and oxygen atoms in total. The van der Waals surface area contributed by atoms with E-state index in [4.69, 9.17) is 4.74 Å². The summed E-state index contributed by atoms with van der Waals surface area (Å²) in [4.78, 5) is 24.3. The summed E-state index contributed by atoms with van der Waals surface area (Å²) in [5, 5.41) is 8.16. The minimum Gasteiger partial charge on any atom is -0.378 e. The van der Waals surface area contributed by atoms with Gasteiger partial charge in [0, 0.05) is 41.5 Å². The Hall–Kier alpha value is -3.23. The number of morpholine rings is 1. The van der Waals surface area contributed by atoms with Gasteiger partial charge < -0.3 is 20.3 Å². The standard InChI is InChI=1S/C22H23N5O2S/c1-16-23-20(15-21(24-16)27-10-12-29-13-11-27)25-17-4-6-18(7-5-17)26-22(28)9-8-19-3-2-14-30-19/h2-9,14-15H,10-13H2,1H3,(H,26,28)(H,23,24,25)/b9-8+. The summed E-state index contributed by atoms with van der Waals surface area (Å²) in [5.74, 6) is 2.18. The number of nitrogens with zero attached hydrogens (tertiary/aromatic N) is 3. The van der Waals surface area contributed by atoms with E-state index in [1.54, 1.807) is 17.4 Å². The molecule has 0 unspecified atom stereocenters. The molecule has 1 aliphatic rings. The number of hydrogen-bond donors (Lipinski definition) is 2. The van der Waals surface area contributed by atoms with Crippen LogP contribution in [0, 0.1) is 6.92 Å². The van der Waals surface area contributed by atoms with E-state index >= 15 is 0 Å². The number of amides is 1. The summed E-state index contributed by atoms with van der Waals surface area (Å²) in [7, 11) is 0. The third-order valence-corrected chi connectivity index (χ3v) is 5.36. The van der Waals surface area contributed by atoms with Crippen LogP contribution in [0.25, 0.3) is 6.08 Å². The van der Waals surface area contributed by atoms with Gasteiger partial charge in [0.25, 0.3) is 0 Å². The molecular formula is C22H23N5O2S. The predicted molar refractivity (Wildman–Crippen MR) is 122 cm³/mol. The molecule has 154 valence electrons. The van der Waals surface area contributed by atoms with Crippen LogP contribution < -0.4 is 15.5 Å². The molecule has 3 heterocycles. The number of benzene rings is 1. The van der Waals surface area contributed by atoms with Crippen LogP contribution in [0.5, 0.6) is 0 Å². The minimum absolute atomic E-state index is 0.161. The third kappa shape index (κ3) is 5.43. The molecule has 30 heavy (non-hydrogen) atoms. The smallest absolute Gasteiger partial charge is 0.248 e. The van der Waals surface area contributed by atoms with Crippen LogP contribution in [-0.2, 0) is 9.53 Å². The first-order chi connectivity index (χ1) is 14.7. The molecule has 1 aliphatic heterocycles. The molecule has 1 aromatic carbocycles. The Morgan fingerprint density at radius 3 is 2.63 bits per heavy atom. The second-order valence-electron chi connectivity index (χ2n) is 6.80. The molecular weight excluding hydrogens is 398 g/mol. The monoisotopic (exact) mass is 421 g/mol. The first kappa shape index (κ1) is 20.1. The quantitative estimate of drug-likeness (QED) is 0.584. The number of hydrogen-bond acceptors (Lipinski definition) is 7. The highest BCUT2D eigenvalue weighted by molar-refractivity contribution is 7.10. The van der Waals surface area contributed by atoms with Crippen molar-refractivity contribution in [3.63, 3.8) is 0 Å². The largest absolute Gasteiger partial charge is 0.378 e. The van der Waals surface area contributed by atoms with Crippen molar-refractivity contribution in [2.45, 2.75) is 6.92 Å². The first-order valence-electron chi connectivity index (χ1n) is 9.74. The Morgan fingerprint density at radius 2 is 1.90 bits per heavy atom. The summed E-state index contributed by atoms with van der Waals surface area (Å²) >= 11 is 1.59. The maximum absolute atomic E-state index is 12.1. The van der Waals surface area contributed by atoms with Crippen LogP contribution in [0.15, 0.2) is 53.9 Å². The van der Waals surface area contributed by atoms with E-state index in [9.17, 15) is 4.79 Å². The van der Waals surface area contributed by atoms with Gasteiger partial charge in [0.2, 0.25) is 5.91 Å². The SMILES string of the molecule is Cc1nc(Nc2ccc(NC(=O)/C=C/c3cccs3)cc2)cc(N2CCOCC2)n1. The van der Waals surface area contributed by atoms with Crippen LogP contribution in [0.3, 0.4) is 0 Å². The number of carbonyl (C=O) groups excluding carboxylic acids is 1. The van der Waals surface area contributed by atoms with Crippen molar-refractivity contribution in [2.75, 3.05) is 41.8 Å². The van der Waals surface area contributed by atoms with E-state index in [-0.39, 0.29) is 5.91 Å². The van der Waals surface area contributed by atoms with Gasteiger partial charge in [0.05, 0.1) is 13.2 Å². The molecule has 4 rings (SSSR count).